The summed E-state index contributed by atoms with van der Waals surface area (Å²) >= 11 is 6.05. The molecule has 0 bridgehead atoms. The molecule has 3 rings (SSSR count). The van der Waals surface area contributed by atoms with Crippen LogP contribution in [0, 0.1) is 0 Å². The molecular weight excluding hydrogens is 328 g/mol. The Morgan fingerprint density at radius 2 is 2.21 bits per heavy atom. The first kappa shape index (κ1) is 16.2. The predicted octanol–water partition coefficient (Wildman–Crippen LogP) is 2.88. The van der Waals surface area contributed by atoms with Gasteiger partial charge in [0, 0.05) is 5.02 Å². The summed E-state index contributed by atoms with van der Waals surface area (Å²) in [5, 5.41) is 11.9. The van der Waals surface area contributed by atoms with Crippen molar-refractivity contribution in [1.82, 2.24) is 24.5 Å². The summed E-state index contributed by atoms with van der Waals surface area (Å²) in [6.45, 7) is 3.77. The van der Waals surface area contributed by atoms with Crippen LogP contribution in [-0.4, -0.2) is 30.5 Å². The minimum Gasteiger partial charge on any atom is -0.321 e. The number of nitrogens with one attached hydrogen (secondary N) is 1. The van der Waals surface area contributed by atoms with E-state index in [1.165, 1.54) is 17.3 Å². The van der Waals surface area contributed by atoms with Crippen molar-refractivity contribution in [2.45, 2.75) is 26.3 Å². The second-order valence-corrected chi connectivity index (χ2v) is 5.73. The molecule has 2 aromatic heterocycles. The third kappa shape index (κ3) is 3.16. The van der Waals surface area contributed by atoms with Crippen LogP contribution < -0.4 is 5.32 Å². The average Bonchev–Trinajstić information content (AvgIpc) is 3.23. The van der Waals surface area contributed by atoms with E-state index >= 15 is 0 Å². The maximum atomic E-state index is 12.4. The van der Waals surface area contributed by atoms with Crippen LogP contribution in [0.1, 0.15) is 25.6 Å². The van der Waals surface area contributed by atoms with Crippen molar-refractivity contribution in [1.29, 1.82) is 0 Å². The molecule has 24 heavy (non-hydrogen) atoms. The first-order valence-electron chi connectivity index (χ1n) is 7.58. The molecule has 0 aliphatic heterocycles. The van der Waals surface area contributed by atoms with E-state index in [-0.39, 0.29) is 5.91 Å². The molecule has 0 spiro atoms. The van der Waals surface area contributed by atoms with Gasteiger partial charge in [-0.2, -0.15) is 10.2 Å². The van der Waals surface area contributed by atoms with E-state index in [0.717, 1.165) is 11.4 Å². The fourth-order valence-corrected chi connectivity index (χ4v) is 2.61. The molecule has 1 atom stereocenters. The zero-order valence-corrected chi connectivity index (χ0v) is 14.1. The summed E-state index contributed by atoms with van der Waals surface area (Å²) in [5.74, 6) is -0.180. The number of amides is 1. The third-order valence-corrected chi connectivity index (χ3v) is 3.96. The van der Waals surface area contributed by atoms with Crippen LogP contribution in [0.3, 0.4) is 0 Å². The third-order valence-electron chi connectivity index (χ3n) is 3.73. The lowest BCUT2D eigenvalue weighted by molar-refractivity contribution is -0.119. The Hall–Kier alpha value is -2.67. The van der Waals surface area contributed by atoms with Gasteiger partial charge in [-0.25, -0.2) is 14.3 Å². The van der Waals surface area contributed by atoms with Gasteiger partial charge < -0.3 is 5.32 Å². The summed E-state index contributed by atoms with van der Waals surface area (Å²) in [6.07, 6.45) is 5.27. The molecule has 2 heterocycles. The molecular formula is C16H17ClN6O. The van der Waals surface area contributed by atoms with Crippen LogP contribution in [0.4, 0.5) is 5.69 Å². The number of hydrogen-bond donors (Lipinski definition) is 1. The molecule has 1 amide bonds. The Morgan fingerprint density at radius 1 is 1.38 bits per heavy atom. The van der Waals surface area contributed by atoms with E-state index < -0.39 is 6.04 Å². The summed E-state index contributed by atoms with van der Waals surface area (Å²) in [5.41, 5.74) is 2.43. The average molecular weight is 345 g/mol. The topological polar surface area (TPSA) is 77.6 Å². The lowest BCUT2D eigenvalue weighted by atomic mass is 10.2. The van der Waals surface area contributed by atoms with Crippen LogP contribution in [0.5, 0.6) is 0 Å². The van der Waals surface area contributed by atoms with Gasteiger partial charge in [-0.15, -0.1) is 0 Å². The van der Waals surface area contributed by atoms with Crippen LogP contribution in [0.15, 0.2) is 43.1 Å². The number of nitrogens with zero attached hydrogens (tertiary/aromatic N) is 5. The Labute approximate surface area is 144 Å². The first-order chi connectivity index (χ1) is 11.6. The van der Waals surface area contributed by atoms with Gasteiger partial charge in [-0.3, -0.25) is 4.79 Å². The van der Waals surface area contributed by atoms with E-state index in [4.69, 9.17) is 11.6 Å². The number of carbonyl (C=O) groups excluding carboxylic acids is 1. The number of carbonyl (C=O) groups is 1. The molecule has 0 unspecified atom stereocenters. The molecule has 0 aliphatic rings. The SMILES string of the molecule is CCc1c(NC(=O)[C@H](C)n2cncn2)cnn1-c1cccc(Cl)c1. The lowest BCUT2D eigenvalue weighted by Gasteiger charge is -2.13. The highest BCUT2D eigenvalue weighted by atomic mass is 35.5. The Morgan fingerprint density at radius 3 is 2.88 bits per heavy atom. The molecule has 8 heteroatoms. The van der Waals surface area contributed by atoms with Gasteiger partial charge in [-0.1, -0.05) is 24.6 Å². The highest BCUT2D eigenvalue weighted by molar-refractivity contribution is 6.30. The quantitative estimate of drug-likeness (QED) is 0.772. The fraction of sp³-hybridized carbons (Fsp3) is 0.250. The minimum absolute atomic E-state index is 0.180. The predicted molar refractivity (Wildman–Crippen MR) is 91.3 cm³/mol. The van der Waals surface area contributed by atoms with Crippen molar-refractivity contribution in [3.05, 3.63) is 53.8 Å². The van der Waals surface area contributed by atoms with Crippen LogP contribution >= 0.6 is 11.6 Å². The second kappa shape index (κ2) is 6.84. The molecule has 1 aromatic carbocycles. The zero-order chi connectivity index (χ0) is 17.1. The maximum absolute atomic E-state index is 12.4. The Bertz CT molecular complexity index is 842. The normalized spacial score (nSPS) is 12.1. The van der Waals surface area contributed by atoms with E-state index in [1.807, 2.05) is 31.2 Å². The molecule has 0 radical (unpaired) electrons. The maximum Gasteiger partial charge on any atom is 0.249 e. The molecule has 1 N–H and O–H groups in total. The molecule has 3 aromatic rings. The van der Waals surface area contributed by atoms with Crippen molar-refractivity contribution in [2.24, 2.45) is 0 Å². The summed E-state index contributed by atoms with van der Waals surface area (Å²) in [6, 6.07) is 6.96. The molecule has 0 saturated heterocycles. The van der Waals surface area contributed by atoms with Crippen molar-refractivity contribution < 1.29 is 4.79 Å². The molecule has 0 fully saturated rings. The molecule has 124 valence electrons. The molecule has 7 nitrogen and oxygen atoms in total. The van der Waals surface area contributed by atoms with E-state index in [0.29, 0.717) is 17.1 Å². The number of rotatable bonds is 5. The van der Waals surface area contributed by atoms with Gasteiger partial charge in [0.15, 0.2) is 0 Å². The number of halogens is 1. The number of anilines is 1. The van der Waals surface area contributed by atoms with Gasteiger partial charge in [0.2, 0.25) is 5.91 Å². The van der Waals surface area contributed by atoms with E-state index in [9.17, 15) is 4.79 Å². The summed E-state index contributed by atoms with van der Waals surface area (Å²) in [4.78, 5) is 16.3. The lowest BCUT2D eigenvalue weighted by Crippen LogP contribution is -2.24. The monoisotopic (exact) mass is 344 g/mol. The fourth-order valence-electron chi connectivity index (χ4n) is 2.42. The van der Waals surface area contributed by atoms with Gasteiger partial charge in [0.25, 0.3) is 0 Å². The highest BCUT2D eigenvalue weighted by Gasteiger charge is 2.19. The van der Waals surface area contributed by atoms with Crippen molar-refractivity contribution >= 4 is 23.2 Å². The first-order valence-corrected chi connectivity index (χ1v) is 7.95. The molecule has 0 aliphatic carbocycles. The second-order valence-electron chi connectivity index (χ2n) is 5.29. The largest absolute Gasteiger partial charge is 0.321 e. The van der Waals surface area contributed by atoms with Crippen LogP contribution in [0.25, 0.3) is 5.69 Å². The van der Waals surface area contributed by atoms with Crippen LogP contribution in [-0.2, 0) is 11.2 Å². The van der Waals surface area contributed by atoms with Gasteiger partial charge in [0.1, 0.15) is 18.7 Å². The summed E-state index contributed by atoms with van der Waals surface area (Å²) in [7, 11) is 0. The minimum atomic E-state index is -0.466. The standard InChI is InChI=1S/C16H17ClN6O/c1-3-15-14(21-16(24)11(2)22-10-18-9-20-22)8-19-23(15)13-6-4-5-12(17)7-13/h4-11H,3H2,1-2H3,(H,21,24)/t11-/m0/s1. The van der Waals surface area contributed by atoms with Gasteiger partial charge in [0.05, 0.1) is 23.3 Å². The van der Waals surface area contributed by atoms with Crippen molar-refractivity contribution in [3.63, 3.8) is 0 Å². The van der Waals surface area contributed by atoms with Crippen LogP contribution in [0.2, 0.25) is 5.02 Å². The van der Waals surface area contributed by atoms with E-state index in [2.05, 4.69) is 20.5 Å². The number of aromatic nitrogens is 5. The highest BCUT2D eigenvalue weighted by Crippen LogP contribution is 2.22. The Kier molecular flexibility index (Phi) is 4.61. The molecule has 0 saturated carbocycles. The zero-order valence-electron chi connectivity index (χ0n) is 13.3. The number of hydrogen-bond acceptors (Lipinski definition) is 4. The van der Waals surface area contributed by atoms with Gasteiger partial charge >= 0.3 is 0 Å². The van der Waals surface area contributed by atoms with E-state index in [1.54, 1.807) is 17.8 Å². The number of benzene rings is 1. The summed E-state index contributed by atoms with van der Waals surface area (Å²) < 4.78 is 3.28. The van der Waals surface area contributed by atoms with Crippen molar-refractivity contribution in [2.75, 3.05) is 5.32 Å². The smallest absolute Gasteiger partial charge is 0.249 e. The van der Waals surface area contributed by atoms with Gasteiger partial charge in [-0.05, 0) is 31.5 Å². The Balaban J connectivity index is 1.86. The van der Waals surface area contributed by atoms with Crippen molar-refractivity contribution in [3.8, 4) is 5.69 Å².